The Morgan fingerprint density at radius 1 is 1.03 bits per heavy atom. The molecule has 4 rings (SSSR count). The molecule has 0 saturated carbocycles. The zero-order valence-corrected chi connectivity index (χ0v) is 16.4. The summed E-state index contributed by atoms with van der Waals surface area (Å²) in [6.45, 7) is 3.74. The maximum atomic E-state index is 12.7. The fourth-order valence-corrected chi connectivity index (χ4v) is 3.46. The molecule has 1 N–H and O–H groups in total. The van der Waals surface area contributed by atoms with Gasteiger partial charge in [-0.15, -0.1) is 10.2 Å². The number of carbonyl (C=O) groups is 1. The van der Waals surface area contributed by atoms with Crippen molar-refractivity contribution in [2.45, 2.75) is 19.8 Å². The molecule has 0 aliphatic carbocycles. The zero-order valence-electron chi connectivity index (χ0n) is 16.4. The van der Waals surface area contributed by atoms with E-state index in [0.717, 1.165) is 30.9 Å². The number of carbonyl (C=O) groups excluding carboxylic acids is 1. The molecule has 1 saturated heterocycles. The van der Waals surface area contributed by atoms with Crippen LogP contribution in [0.25, 0.3) is 0 Å². The van der Waals surface area contributed by atoms with E-state index in [9.17, 15) is 4.79 Å². The largest absolute Gasteiger partial charge is 0.455 e. The minimum Gasteiger partial charge on any atom is -0.455 e. The van der Waals surface area contributed by atoms with Crippen LogP contribution in [0, 0.1) is 5.92 Å². The SMILES string of the molecule is CC1CCCN(C(=O)c2ccc(Nc3ccccc3Oc3ccccc3)nn2)C1. The zero-order chi connectivity index (χ0) is 20.1. The van der Waals surface area contributed by atoms with Gasteiger partial charge in [0, 0.05) is 13.1 Å². The molecule has 1 unspecified atom stereocenters. The minimum absolute atomic E-state index is 0.0524. The number of hydrogen-bond acceptors (Lipinski definition) is 5. The fraction of sp³-hybridized carbons (Fsp3) is 0.261. The van der Waals surface area contributed by atoms with Gasteiger partial charge < -0.3 is 15.0 Å². The van der Waals surface area contributed by atoms with E-state index in [1.165, 1.54) is 6.42 Å². The van der Waals surface area contributed by atoms with Gasteiger partial charge >= 0.3 is 0 Å². The van der Waals surface area contributed by atoms with Crippen molar-refractivity contribution in [1.29, 1.82) is 0 Å². The van der Waals surface area contributed by atoms with Crippen LogP contribution in [0.5, 0.6) is 11.5 Å². The monoisotopic (exact) mass is 388 g/mol. The number of anilines is 2. The van der Waals surface area contributed by atoms with E-state index in [2.05, 4.69) is 22.4 Å². The van der Waals surface area contributed by atoms with Gasteiger partial charge in [0.2, 0.25) is 0 Å². The van der Waals surface area contributed by atoms with Crippen molar-refractivity contribution >= 4 is 17.4 Å². The lowest BCUT2D eigenvalue weighted by atomic mass is 10.00. The van der Waals surface area contributed by atoms with Crippen molar-refractivity contribution in [3.05, 3.63) is 72.4 Å². The van der Waals surface area contributed by atoms with Gasteiger partial charge in [0.1, 0.15) is 5.75 Å². The Hall–Kier alpha value is -3.41. The highest BCUT2D eigenvalue weighted by Gasteiger charge is 2.23. The number of hydrogen-bond donors (Lipinski definition) is 1. The number of aromatic nitrogens is 2. The third kappa shape index (κ3) is 4.71. The maximum absolute atomic E-state index is 12.7. The summed E-state index contributed by atoms with van der Waals surface area (Å²) in [6, 6.07) is 20.7. The van der Waals surface area contributed by atoms with Crippen LogP contribution in [-0.4, -0.2) is 34.1 Å². The van der Waals surface area contributed by atoms with Crippen LogP contribution in [0.3, 0.4) is 0 Å². The first kappa shape index (κ1) is 18.9. The first-order chi connectivity index (χ1) is 14.2. The van der Waals surface area contributed by atoms with Gasteiger partial charge in [0.05, 0.1) is 5.69 Å². The maximum Gasteiger partial charge on any atom is 0.274 e. The van der Waals surface area contributed by atoms with Gasteiger partial charge in [-0.05, 0) is 55.2 Å². The van der Waals surface area contributed by atoms with Crippen molar-refractivity contribution < 1.29 is 9.53 Å². The molecule has 6 heteroatoms. The molecule has 0 bridgehead atoms. The van der Waals surface area contributed by atoms with Crippen LogP contribution in [0.4, 0.5) is 11.5 Å². The molecule has 1 aromatic heterocycles. The number of nitrogens with zero attached hydrogens (tertiary/aromatic N) is 3. The second-order valence-corrected chi connectivity index (χ2v) is 7.34. The average Bonchev–Trinajstić information content (AvgIpc) is 2.76. The van der Waals surface area contributed by atoms with Gasteiger partial charge in [-0.2, -0.15) is 0 Å². The summed E-state index contributed by atoms with van der Waals surface area (Å²) in [5.41, 5.74) is 1.15. The molecule has 1 aliphatic rings. The van der Waals surface area contributed by atoms with Gasteiger partial charge in [-0.1, -0.05) is 37.3 Å². The molecule has 1 atom stereocenters. The van der Waals surface area contributed by atoms with Crippen LogP contribution in [0.15, 0.2) is 66.7 Å². The van der Waals surface area contributed by atoms with Crippen molar-refractivity contribution in [3.63, 3.8) is 0 Å². The Kier molecular flexibility index (Phi) is 5.70. The summed E-state index contributed by atoms with van der Waals surface area (Å²) < 4.78 is 5.96. The van der Waals surface area contributed by atoms with E-state index in [0.29, 0.717) is 23.2 Å². The number of amides is 1. The summed E-state index contributed by atoms with van der Waals surface area (Å²) in [6.07, 6.45) is 2.21. The number of piperidine rings is 1. The first-order valence-corrected chi connectivity index (χ1v) is 9.91. The van der Waals surface area contributed by atoms with Gasteiger partial charge in [-0.25, -0.2) is 0 Å². The highest BCUT2D eigenvalue weighted by atomic mass is 16.5. The van der Waals surface area contributed by atoms with Crippen LogP contribution in [0.1, 0.15) is 30.3 Å². The fourth-order valence-electron chi connectivity index (χ4n) is 3.46. The Labute approximate surface area is 170 Å². The summed E-state index contributed by atoms with van der Waals surface area (Å²) in [4.78, 5) is 14.5. The average molecular weight is 388 g/mol. The van der Waals surface area contributed by atoms with Crippen molar-refractivity contribution in [2.75, 3.05) is 18.4 Å². The molecule has 148 valence electrons. The number of rotatable bonds is 5. The summed E-state index contributed by atoms with van der Waals surface area (Å²) in [5.74, 6) is 2.47. The van der Waals surface area contributed by atoms with Crippen LogP contribution >= 0.6 is 0 Å². The lowest BCUT2D eigenvalue weighted by Crippen LogP contribution is -2.39. The highest BCUT2D eigenvalue weighted by Crippen LogP contribution is 2.30. The van der Waals surface area contributed by atoms with E-state index in [1.807, 2.05) is 59.5 Å². The van der Waals surface area contributed by atoms with Gasteiger partial charge in [-0.3, -0.25) is 4.79 Å². The standard InChI is InChI=1S/C23H24N4O2/c1-17-8-7-15-27(16-17)23(28)20-13-14-22(26-25-20)24-19-11-5-6-12-21(19)29-18-9-3-2-4-10-18/h2-6,9-14,17H,7-8,15-16H2,1H3,(H,24,26). The molecule has 1 aliphatic heterocycles. The van der Waals surface area contributed by atoms with E-state index in [1.54, 1.807) is 12.1 Å². The number of nitrogens with one attached hydrogen (secondary N) is 1. The normalized spacial score (nSPS) is 16.3. The quantitative estimate of drug-likeness (QED) is 0.674. The highest BCUT2D eigenvalue weighted by molar-refractivity contribution is 5.92. The third-order valence-corrected chi connectivity index (χ3v) is 4.95. The molecule has 2 heterocycles. The Bertz CT molecular complexity index is 960. The summed E-state index contributed by atoms with van der Waals surface area (Å²) in [5, 5.41) is 11.6. The van der Waals surface area contributed by atoms with Crippen LogP contribution < -0.4 is 10.1 Å². The molecule has 2 aromatic carbocycles. The number of para-hydroxylation sites is 3. The molecular formula is C23H24N4O2. The van der Waals surface area contributed by atoms with Gasteiger partial charge in [0.25, 0.3) is 5.91 Å². The molecule has 0 radical (unpaired) electrons. The summed E-state index contributed by atoms with van der Waals surface area (Å²) in [7, 11) is 0. The summed E-state index contributed by atoms with van der Waals surface area (Å²) >= 11 is 0. The van der Waals surface area contributed by atoms with E-state index < -0.39 is 0 Å². The Balaban J connectivity index is 1.46. The second kappa shape index (κ2) is 8.73. The smallest absolute Gasteiger partial charge is 0.274 e. The molecule has 1 fully saturated rings. The molecule has 3 aromatic rings. The van der Waals surface area contributed by atoms with Gasteiger partial charge in [0.15, 0.2) is 17.3 Å². The lowest BCUT2D eigenvalue weighted by molar-refractivity contribution is 0.0676. The predicted octanol–water partition coefficient (Wildman–Crippen LogP) is 4.88. The minimum atomic E-state index is -0.0524. The molecular weight excluding hydrogens is 364 g/mol. The van der Waals surface area contributed by atoms with Crippen molar-refractivity contribution in [2.24, 2.45) is 5.92 Å². The topological polar surface area (TPSA) is 67.4 Å². The first-order valence-electron chi connectivity index (χ1n) is 9.91. The van der Waals surface area contributed by atoms with E-state index in [4.69, 9.17) is 4.74 Å². The Morgan fingerprint density at radius 2 is 1.83 bits per heavy atom. The Morgan fingerprint density at radius 3 is 2.59 bits per heavy atom. The number of ether oxygens (including phenoxy) is 1. The molecule has 29 heavy (non-hydrogen) atoms. The van der Waals surface area contributed by atoms with Crippen molar-refractivity contribution in [1.82, 2.24) is 15.1 Å². The van der Waals surface area contributed by atoms with Crippen LogP contribution in [-0.2, 0) is 0 Å². The van der Waals surface area contributed by atoms with Crippen molar-refractivity contribution in [3.8, 4) is 11.5 Å². The number of likely N-dealkylation sites (tertiary alicyclic amines) is 1. The molecule has 0 spiro atoms. The molecule has 6 nitrogen and oxygen atoms in total. The molecule has 1 amide bonds. The lowest BCUT2D eigenvalue weighted by Gasteiger charge is -2.30. The second-order valence-electron chi connectivity index (χ2n) is 7.34. The van der Waals surface area contributed by atoms with Crippen LogP contribution in [0.2, 0.25) is 0 Å². The van der Waals surface area contributed by atoms with E-state index in [-0.39, 0.29) is 5.91 Å². The van der Waals surface area contributed by atoms with E-state index >= 15 is 0 Å². The number of benzene rings is 2. The third-order valence-electron chi connectivity index (χ3n) is 4.95. The predicted molar refractivity (Wildman–Crippen MR) is 113 cm³/mol.